The van der Waals surface area contributed by atoms with E-state index in [1.807, 2.05) is 26.0 Å². The minimum Gasteiger partial charge on any atom is -0.457 e. The van der Waals surface area contributed by atoms with Crippen LogP contribution in [-0.4, -0.2) is 11.0 Å². The van der Waals surface area contributed by atoms with Gasteiger partial charge in [0, 0.05) is 22.4 Å². The Bertz CT molecular complexity index is 1290. The van der Waals surface area contributed by atoms with E-state index in [9.17, 15) is 9.59 Å². The number of aryl methyl sites for hydroxylation is 2. The number of aromatic nitrogens is 1. The van der Waals surface area contributed by atoms with Crippen LogP contribution in [0.4, 0.5) is 0 Å². The predicted molar refractivity (Wildman–Crippen MR) is 108 cm³/mol. The van der Waals surface area contributed by atoms with Gasteiger partial charge in [-0.1, -0.05) is 23.7 Å². The first-order valence-electron chi connectivity index (χ1n) is 8.69. The van der Waals surface area contributed by atoms with E-state index in [-0.39, 0.29) is 6.61 Å². The second-order valence-electron chi connectivity index (χ2n) is 6.59. The molecule has 2 aromatic carbocycles. The summed E-state index contributed by atoms with van der Waals surface area (Å²) < 4.78 is 10.8. The zero-order valence-electron chi connectivity index (χ0n) is 15.3. The highest BCUT2D eigenvalue weighted by Gasteiger charge is 2.13. The molecule has 0 saturated carbocycles. The number of halogens is 1. The van der Waals surface area contributed by atoms with E-state index >= 15 is 0 Å². The van der Waals surface area contributed by atoms with Crippen LogP contribution in [0.1, 0.15) is 27.0 Å². The number of carbonyl (C=O) groups is 1. The van der Waals surface area contributed by atoms with Gasteiger partial charge < -0.3 is 9.15 Å². The Labute approximate surface area is 165 Å². The highest BCUT2D eigenvalue weighted by molar-refractivity contribution is 6.29. The minimum atomic E-state index is -0.484. The molecule has 0 aliphatic carbocycles. The van der Waals surface area contributed by atoms with E-state index in [2.05, 4.69) is 4.98 Å². The number of benzene rings is 2. The molecule has 2 heterocycles. The van der Waals surface area contributed by atoms with Gasteiger partial charge in [0.1, 0.15) is 17.3 Å². The number of hydrogen-bond donors (Lipinski definition) is 0. The number of fused-ring (bicyclic) bond motifs is 2. The van der Waals surface area contributed by atoms with Gasteiger partial charge in [0.2, 0.25) is 0 Å². The van der Waals surface area contributed by atoms with Gasteiger partial charge in [-0.05, 0) is 55.3 Å². The number of hydrogen-bond acceptors (Lipinski definition) is 5. The molecule has 0 N–H and O–H groups in total. The van der Waals surface area contributed by atoms with Gasteiger partial charge in [0.05, 0.1) is 11.1 Å². The fraction of sp³-hybridized carbons (Fsp3) is 0.136. The molecule has 0 bridgehead atoms. The van der Waals surface area contributed by atoms with Gasteiger partial charge in [-0.15, -0.1) is 0 Å². The molecule has 5 nitrogen and oxygen atoms in total. The van der Waals surface area contributed by atoms with E-state index in [0.29, 0.717) is 27.4 Å². The molecular formula is C22H16ClNO4. The van der Waals surface area contributed by atoms with Crippen molar-refractivity contribution in [2.75, 3.05) is 0 Å². The molecule has 0 atom stereocenters. The molecule has 4 aromatic rings. The normalized spacial score (nSPS) is 11.1. The standard InChI is InChI=1S/C22H16ClNO4/c1-12-3-6-17-16(10-20(25)28-21(17)13(12)2)11-27-22(26)15-4-7-18-14(9-15)5-8-19(23)24-18/h3-10H,11H2,1-2H3. The minimum absolute atomic E-state index is 0.0274. The summed E-state index contributed by atoms with van der Waals surface area (Å²) >= 11 is 5.88. The van der Waals surface area contributed by atoms with Crippen molar-refractivity contribution in [3.63, 3.8) is 0 Å². The van der Waals surface area contributed by atoms with Crippen molar-refractivity contribution >= 4 is 39.4 Å². The first-order chi connectivity index (χ1) is 13.4. The molecule has 0 spiro atoms. The van der Waals surface area contributed by atoms with Crippen LogP contribution in [0.25, 0.3) is 21.9 Å². The maximum absolute atomic E-state index is 12.5. The number of esters is 1. The molecule has 6 heteroatoms. The summed E-state index contributed by atoms with van der Waals surface area (Å²) in [5, 5.41) is 1.94. The van der Waals surface area contributed by atoms with Gasteiger partial charge in [0.25, 0.3) is 0 Å². The van der Waals surface area contributed by atoms with Crippen LogP contribution in [0, 0.1) is 13.8 Å². The van der Waals surface area contributed by atoms with Crippen LogP contribution in [0.15, 0.2) is 57.7 Å². The summed E-state index contributed by atoms with van der Waals surface area (Å²) in [6.45, 7) is 3.81. The molecule has 2 aromatic heterocycles. The third-order valence-corrected chi connectivity index (χ3v) is 4.98. The molecule has 0 amide bonds. The third kappa shape index (κ3) is 3.37. The van der Waals surface area contributed by atoms with Crippen molar-refractivity contribution < 1.29 is 13.9 Å². The summed E-state index contributed by atoms with van der Waals surface area (Å²) in [5.41, 5.74) is 3.67. The van der Waals surface area contributed by atoms with Crippen LogP contribution in [-0.2, 0) is 11.3 Å². The van der Waals surface area contributed by atoms with E-state index in [0.717, 1.165) is 21.9 Å². The second kappa shape index (κ2) is 7.09. The van der Waals surface area contributed by atoms with Crippen molar-refractivity contribution in [3.8, 4) is 0 Å². The first kappa shape index (κ1) is 18.2. The molecule has 4 rings (SSSR count). The lowest BCUT2D eigenvalue weighted by molar-refractivity contribution is 0.0474. The molecule has 140 valence electrons. The molecule has 0 aliphatic rings. The maximum atomic E-state index is 12.5. The van der Waals surface area contributed by atoms with Gasteiger partial charge in [-0.25, -0.2) is 14.6 Å². The number of pyridine rings is 1. The van der Waals surface area contributed by atoms with Crippen LogP contribution in [0.2, 0.25) is 5.15 Å². The largest absolute Gasteiger partial charge is 0.457 e. The van der Waals surface area contributed by atoms with Crippen molar-refractivity contribution in [1.82, 2.24) is 4.98 Å². The lowest BCUT2D eigenvalue weighted by Crippen LogP contribution is -2.08. The smallest absolute Gasteiger partial charge is 0.338 e. The maximum Gasteiger partial charge on any atom is 0.338 e. The van der Waals surface area contributed by atoms with Gasteiger partial charge in [-0.3, -0.25) is 0 Å². The Kier molecular flexibility index (Phi) is 4.61. The van der Waals surface area contributed by atoms with Gasteiger partial charge >= 0.3 is 11.6 Å². The van der Waals surface area contributed by atoms with Crippen LogP contribution >= 0.6 is 11.6 Å². The Morgan fingerprint density at radius 2 is 1.93 bits per heavy atom. The zero-order chi connectivity index (χ0) is 19.8. The highest BCUT2D eigenvalue weighted by Crippen LogP contribution is 2.24. The van der Waals surface area contributed by atoms with Crippen LogP contribution < -0.4 is 5.63 Å². The SMILES string of the molecule is Cc1ccc2c(COC(=O)c3ccc4nc(Cl)ccc4c3)cc(=O)oc2c1C. The van der Waals surface area contributed by atoms with Gasteiger partial charge in [0.15, 0.2) is 0 Å². The fourth-order valence-electron chi connectivity index (χ4n) is 3.10. The third-order valence-electron chi connectivity index (χ3n) is 4.77. The number of rotatable bonds is 3. The summed E-state index contributed by atoms with van der Waals surface area (Å²) in [5.74, 6) is -0.484. The summed E-state index contributed by atoms with van der Waals surface area (Å²) in [6, 6.07) is 13.7. The number of carbonyl (C=O) groups excluding carboxylic acids is 1. The molecule has 0 aliphatic heterocycles. The average Bonchev–Trinajstić information content (AvgIpc) is 2.68. The van der Waals surface area contributed by atoms with Crippen molar-refractivity contribution in [2.24, 2.45) is 0 Å². The monoisotopic (exact) mass is 393 g/mol. The molecule has 0 fully saturated rings. The Morgan fingerprint density at radius 1 is 1.11 bits per heavy atom. The quantitative estimate of drug-likeness (QED) is 0.279. The fourth-order valence-corrected chi connectivity index (χ4v) is 3.25. The molecular weight excluding hydrogens is 378 g/mol. The highest BCUT2D eigenvalue weighted by atomic mass is 35.5. The van der Waals surface area contributed by atoms with Crippen molar-refractivity contribution in [1.29, 1.82) is 0 Å². The molecule has 0 unspecified atom stereocenters. The van der Waals surface area contributed by atoms with E-state index < -0.39 is 11.6 Å². The summed E-state index contributed by atoms with van der Waals surface area (Å²) in [6.07, 6.45) is 0. The van der Waals surface area contributed by atoms with E-state index in [1.54, 1.807) is 30.3 Å². The summed E-state index contributed by atoms with van der Waals surface area (Å²) in [4.78, 5) is 28.6. The number of nitrogens with zero attached hydrogens (tertiary/aromatic N) is 1. The average molecular weight is 394 g/mol. The molecule has 28 heavy (non-hydrogen) atoms. The Balaban J connectivity index is 1.62. The zero-order valence-corrected chi connectivity index (χ0v) is 16.0. The predicted octanol–water partition coefficient (Wildman–Crippen LogP) is 4.97. The Hall–Kier alpha value is -3.18. The molecule has 0 saturated heterocycles. The Morgan fingerprint density at radius 3 is 2.75 bits per heavy atom. The topological polar surface area (TPSA) is 69.4 Å². The van der Waals surface area contributed by atoms with E-state index in [1.165, 1.54) is 6.07 Å². The van der Waals surface area contributed by atoms with Crippen LogP contribution in [0.3, 0.4) is 0 Å². The van der Waals surface area contributed by atoms with Gasteiger partial charge in [-0.2, -0.15) is 0 Å². The molecule has 0 radical (unpaired) electrons. The lowest BCUT2D eigenvalue weighted by Gasteiger charge is -2.10. The van der Waals surface area contributed by atoms with E-state index in [4.69, 9.17) is 20.8 Å². The second-order valence-corrected chi connectivity index (χ2v) is 6.98. The first-order valence-corrected chi connectivity index (χ1v) is 9.06. The van der Waals surface area contributed by atoms with Crippen LogP contribution in [0.5, 0.6) is 0 Å². The summed E-state index contributed by atoms with van der Waals surface area (Å²) in [7, 11) is 0. The number of ether oxygens (including phenoxy) is 1. The van der Waals surface area contributed by atoms with Crippen molar-refractivity contribution in [2.45, 2.75) is 20.5 Å². The lowest BCUT2D eigenvalue weighted by atomic mass is 10.0. The van der Waals surface area contributed by atoms with Crippen molar-refractivity contribution in [3.05, 3.63) is 86.4 Å².